The van der Waals surface area contributed by atoms with E-state index in [1.807, 2.05) is 42.5 Å². The normalized spacial score (nSPS) is 11.3. The van der Waals surface area contributed by atoms with E-state index in [1.54, 1.807) is 6.33 Å². The Bertz CT molecular complexity index is 811. The van der Waals surface area contributed by atoms with Crippen LogP contribution in [0.5, 0.6) is 0 Å². The molecule has 0 saturated heterocycles. The Labute approximate surface area is 102 Å². The van der Waals surface area contributed by atoms with Crippen molar-refractivity contribution in [2.45, 2.75) is 0 Å². The molecule has 4 rings (SSSR count). The molecule has 18 heavy (non-hydrogen) atoms. The molecule has 0 radical (unpaired) electrons. The molecule has 1 N–H and O–H groups in total. The molecule has 0 amide bonds. The van der Waals surface area contributed by atoms with Crippen LogP contribution in [0.15, 0.2) is 53.2 Å². The summed E-state index contributed by atoms with van der Waals surface area (Å²) in [5.74, 6) is 0.605. The van der Waals surface area contributed by atoms with Crippen molar-refractivity contribution in [3.63, 3.8) is 0 Å². The number of aromatic nitrogens is 3. The predicted octanol–water partition coefficient (Wildman–Crippen LogP) is 3.37. The highest BCUT2D eigenvalue weighted by atomic mass is 16.3. The summed E-state index contributed by atoms with van der Waals surface area (Å²) in [5.41, 5.74) is 4.42. The van der Waals surface area contributed by atoms with Gasteiger partial charge in [0.1, 0.15) is 11.0 Å². The quantitative estimate of drug-likeness (QED) is 0.550. The summed E-state index contributed by atoms with van der Waals surface area (Å²) in [4.78, 5) is 11.9. The Morgan fingerprint density at radius 3 is 2.89 bits per heavy atom. The van der Waals surface area contributed by atoms with E-state index in [4.69, 9.17) is 4.42 Å². The van der Waals surface area contributed by atoms with Gasteiger partial charge in [-0.15, -0.1) is 0 Å². The number of benzene rings is 2. The van der Waals surface area contributed by atoms with Crippen LogP contribution in [-0.2, 0) is 0 Å². The Balaban J connectivity index is 2.04. The van der Waals surface area contributed by atoms with Gasteiger partial charge in [0.15, 0.2) is 5.58 Å². The van der Waals surface area contributed by atoms with Crippen LogP contribution in [0.1, 0.15) is 0 Å². The monoisotopic (exact) mass is 235 g/mol. The van der Waals surface area contributed by atoms with E-state index in [9.17, 15) is 0 Å². The van der Waals surface area contributed by atoms with E-state index < -0.39 is 0 Å². The summed E-state index contributed by atoms with van der Waals surface area (Å²) >= 11 is 0. The molecule has 86 valence electrons. The first-order chi connectivity index (χ1) is 8.92. The third-order valence-electron chi connectivity index (χ3n) is 2.97. The van der Waals surface area contributed by atoms with Gasteiger partial charge in [-0.25, -0.2) is 9.97 Å². The lowest BCUT2D eigenvalue weighted by Crippen LogP contribution is -1.79. The predicted molar refractivity (Wildman–Crippen MR) is 69.1 cm³/mol. The Morgan fingerprint density at radius 2 is 1.94 bits per heavy atom. The number of para-hydroxylation sites is 3. The zero-order valence-electron chi connectivity index (χ0n) is 9.42. The van der Waals surface area contributed by atoms with Crippen LogP contribution >= 0.6 is 0 Å². The number of hydrogen-bond donors (Lipinski definition) is 1. The summed E-state index contributed by atoms with van der Waals surface area (Å²) < 4.78 is 5.77. The lowest BCUT2D eigenvalue weighted by atomic mass is 10.2. The number of nitrogens with zero attached hydrogens (tertiary/aromatic N) is 2. The van der Waals surface area contributed by atoms with E-state index >= 15 is 0 Å². The number of fused-ring (bicyclic) bond motifs is 2. The van der Waals surface area contributed by atoms with Gasteiger partial charge in [-0.1, -0.05) is 18.2 Å². The molecular weight excluding hydrogens is 226 g/mol. The summed E-state index contributed by atoms with van der Waals surface area (Å²) in [6, 6.07) is 13.6. The first-order valence-electron chi connectivity index (χ1n) is 5.70. The van der Waals surface area contributed by atoms with Crippen molar-refractivity contribution in [3.8, 4) is 11.5 Å². The second kappa shape index (κ2) is 3.43. The number of oxazole rings is 1. The molecule has 2 aromatic carbocycles. The minimum atomic E-state index is 0.605. The van der Waals surface area contributed by atoms with E-state index in [-0.39, 0.29) is 0 Å². The summed E-state index contributed by atoms with van der Waals surface area (Å²) in [5, 5.41) is 0. The standard InChI is InChI=1S/C14H9N3O/c1-2-7-12-10(5-1)17-14(18-12)9-4-3-6-11-13(9)16-8-15-11/h1-8H,(H,15,16). The maximum Gasteiger partial charge on any atom is 0.229 e. The molecule has 0 spiro atoms. The van der Waals surface area contributed by atoms with Crippen molar-refractivity contribution in [2.75, 3.05) is 0 Å². The Hall–Kier alpha value is -2.62. The van der Waals surface area contributed by atoms with Crippen molar-refractivity contribution in [1.82, 2.24) is 15.0 Å². The number of aromatic amines is 1. The molecule has 0 saturated carbocycles. The van der Waals surface area contributed by atoms with Gasteiger partial charge < -0.3 is 9.40 Å². The van der Waals surface area contributed by atoms with Crippen molar-refractivity contribution >= 4 is 22.1 Å². The van der Waals surface area contributed by atoms with Crippen LogP contribution in [0.3, 0.4) is 0 Å². The van der Waals surface area contributed by atoms with Gasteiger partial charge in [0.05, 0.1) is 17.4 Å². The van der Waals surface area contributed by atoms with Crippen molar-refractivity contribution in [2.24, 2.45) is 0 Å². The molecular formula is C14H9N3O. The maximum absolute atomic E-state index is 5.77. The molecule has 0 aliphatic carbocycles. The van der Waals surface area contributed by atoms with E-state index in [2.05, 4.69) is 15.0 Å². The Kier molecular flexibility index (Phi) is 1.80. The highest BCUT2D eigenvalue weighted by Gasteiger charge is 2.12. The lowest BCUT2D eigenvalue weighted by molar-refractivity contribution is 0.620. The zero-order chi connectivity index (χ0) is 11.9. The highest BCUT2D eigenvalue weighted by molar-refractivity contribution is 5.90. The van der Waals surface area contributed by atoms with Crippen LogP contribution in [-0.4, -0.2) is 15.0 Å². The molecule has 4 heteroatoms. The minimum Gasteiger partial charge on any atom is -0.436 e. The van der Waals surface area contributed by atoms with E-state index in [0.717, 1.165) is 27.7 Å². The van der Waals surface area contributed by atoms with Gasteiger partial charge in [-0.05, 0) is 24.3 Å². The zero-order valence-corrected chi connectivity index (χ0v) is 9.42. The number of H-pyrrole nitrogens is 1. The third-order valence-corrected chi connectivity index (χ3v) is 2.97. The van der Waals surface area contributed by atoms with Crippen molar-refractivity contribution in [3.05, 3.63) is 48.8 Å². The van der Waals surface area contributed by atoms with E-state index in [1.165, 1.54) is 0 Å². The highest BCUT2D eigenvalue weighted by Crippen LogP contribution is 2.28. The number of imidazole rings is 1. The largest absolute Gasteiger partial charge is 0.436 e. The van der Waals surface area contributed by atoms with Crippen molar-refractivity contribution < 1.29 is 4.42 Å². The fourth-order valence-electron chi connectivity index (χ4n) is 2.13. The first kappa shape index (κ1) is 9.41. The van der Waals surface area contributed by atoms with Crippen LogP contribution < -0.4 is 0 Å². The molecule has 2 aromatic heterocycles. The van der Waals surface area contributed by atoms with Crippen molar-refractivity contribution in [1.29, 1.82) is 0 Å². The maximum atomic E-state index is 5.77. The van der Waals surface area contributed by atoms with Crippen LogP contribution in [0.4, 0.5) is 0 Å². The topological polar surface area (TPSA) is 54.7 Å². The van der Waals surface area contributed by atoms with Gasteiger partial charge in [-0.2, -0.15) is 0 Å². The van der Waals surface area contributed by atoms with E-state index in [0.29, 0.717) is 5.89 Å². The number of hydrogen-bond acceptors (Lipinski definition) is 3. The lowest BCUT2D eigenvalue weighted by Gasteiger charge is -1.95. The molecule has 0 bridgehead atoms. The second-order valence-electron chi connectivity index (χ2n) is 4.09. The van der Waals surface area contributed by atoms with Gasteiger partial charge in [-0.3, -0.25) is 0 Å². The van der Waals surface area contributed by atoms with Gasteiger partial charge >= 0.3 is 0 Å². The molecule has 0 aliphatic heterocycles. The average Bonchev–Trinajstić information content (AvgIpc) is 3.04. The van der Waals surface area contributed by atoms with Crippen LogP contribution in [0.25, 0.3) is 33.6 Å². The number of rotatable bonds is 1. The molecule has 4 aromatic rings. The smallest absolute Gasteiger partial charge is 0.229 e. The van der Waals surface area contributed by atoms with Gasteiger partial charge in [0.25, 0.3) is 0 Å². The first-order valence-corrected chi connectivity index (χ1v) is 5.70. The summed E-state index contributed by atoms with van der Waals surface area (Å²) in [6.07, 6.45) is 1.68. The molecule has 4 nitrogen and oxygen atoms in total. The molecule has 0 aliphatic rings. The summed E-state index contributed by atoms with van der Waals surface area (Å²) in [6.45, 7) is 0. The SMILES string of the molecule is c1ccc2oc(-c3cccc4[nH]cnc34)nc2c1. The fraction of sp³-hybridized carbons (Fsp3) is 0. The molecule has 0 unspecified atom stereocenters. The third kappa shape index (κ3) is 1.26. The average molecular weight is 235 g/mol. The Morgan fingerprint density at radius 1 is 1.00 bits per heavy atom. The summed E-state index contributed by atoms with van der Waals surface area (Å²) in [7, 11) is 0. The molecule has 0 fully saturated rings. The molecule has 2 heterocycles. The minimum absolute atomic E-state index is 0.605. The molecule has 0 atom stereocenters. The van der Waals surface area contributed by atoms with Crippen LogP contribution in [0.2, 0.25) is 0 Å². The number of nitrogens with one attached hydrogen (secondary N) is 1. The van der Waals surface area contributed by atoms with Gasteiger partial charge in [0, 0.05) is 0 Å². The fourth-order valence-corrected chi connectivity index (χ4v) is 2.13. The van der Waals surface area contributed by atoms with Crippen LogP contribution in [0, 0.1) is 0 Å². The second-order valence-corrected chi connectivity index (χ2v) is 4.09. The van der Waals surface area contributed by atoms with Gasteiger partial charge in [0.2, 0.25) is 5.89 Å².